The van der Waals surface area contributed by atoms with Gasteiger partial charge in [-0.3, -0.25) is 14.4 Å². The van der Waals surface area contributed by atoms with E-state index in [0.717, 1.165) is 17.0 Å². The van der Waals surface area contributed by atoms with Crippen LogP contribution in [0.4, 0.5) is 5.69 Å². The minimum absolute atomic E-state index is 0.109. The first-order valence-electron chi connectivity index (χ1n) is 9.48. The van der Waals surface area contributed by atoms with Crippen LogP contribution in [-0.2, 0) is 20.9 Å². The van der Waals surface area contributed by atoms with Crippen molar-refractivity contribution in [1.82, 2.24) is 9.47 Å². The molecule has 8 heteroatoms. The zero-order valence-electron chi connectivity index (χ0n) is 16.3. The second-order valence-electron chi connectivity index (χ2n) is 7.86. The van der Waals surface area contributed by atoms with E-state index in [4.69, 9.17) is 4.74 Å². The number of nitrogens with zero attached hydrogens (tertiary/aromatic N) is 2. The number of carbonyl (C=O) groups excluding carboxylic acids is 2. The molecule has 148 valence electrons. The van der Waals surface area contributed by atoms with E-state index in [1.807, 2.05) is 25.1 Å². The van der Waals surface area contributed by atoms with Gasteiger partial charge in [-0.05, 0) is 24.5 Å². The number of aromatic nitrogens is 1. The summed E-state index contributed by atoms with van der Waals surface area (Å²) in [6.07, 6.45) is 1.38. The fourth-order valence-corrected chi connectivity index (χ4v) is 4.11. The maximum absolute atomic E-state index is 12.9. The number of methoxy groups -OCH3 is 1. The molecule has 1 saturated heterocycles. The normalized spacial score (nSPS) is 21.1. The van der Waals surface area contributed by atoms with Gasteiger partial charge in [0.25, 0.3) is 11.5 Å². The van der Waals surface area contributed by atoms with Crippen molar-refractivity contribution < 1.29 is 19.2 Å². The summed E-state index contributed by atoms with van der Waals surface area (Å²) < 4.78 is 6.79. The van der Waals surface area contributed by atoms with Gasteiger partial charge in [0, 0.05) is 38.4 Å². The number of carbonyl (C=O) groups is 2. The second-order valence-corrected chi connectivity index (χ2v) is 7.86. The number of ether oxygens (including phenoxy) is 1. The van der Waals surface area contributed by atoms with Crippen LogP contribution in [-0.4, -0.2) is 68.7 Å². The van der Waals surface area contributed by atoms with E-state index < -0.39 is 0 Å². The van der Waals surface area contributed by atoms with Crippen molar-refractivity contribution in [3.05, 3.63) is 28.2 Å². The number of quaternary nitrogens is 1. The van der Waals surface area contributed by atoms with E-state index in [2.05, 4.69) is 5.32 Å². The molecule has 0 aromatic carbocycles. The summed E-state index contributed by atoms with van der Waals surface area (Å²) in [5.74, 6) is 0.362. The predicted octanol–water partition coefficient (Wildman–Crippen LogP) is -1.09. The molecule has 8 nitrogen and oxygen atoms in total. The molecular formula is C19H29N4O4+. The van der Waals surface area contributed by atoms with Crippen molar-refractivity contribution in [1.29, 1.82) is 0 Å². The number of likely N-dealkylation sites (N-methyl/N-ethyl adjacent to an activating group) is 1. The molecule has 0 aliphatic carbocycles. The topological polar surface area (TPSA) is 85.1 Å². The Bertz CT molecular complexity index is 773. The number of pyridine rings is 1. The molecule has 1 aromatic heterocycles. The number of nitrogens with one attached hydrogen (secondary N) is 2. The van der Waals surface area contributed by atoms with E-state index in [1.165, 1.54) is 0 Å². The van der Waals surface area contributed by atoms with Gasteiger partial charge < -0.3 is 24.4 Å². The summed E-state index contributed by atoms with van der Waals surface area (Å²) in [7, 11) is 5.37. The van der Waals surface area contributed by atoms with Crippen molar-refractivity contribution in [3.8, 4) is 0 Å². The predicted molar refractivity (Wildman–Crippen MR) is 101 cm³/mol. The number of piperidine rings is 1. The molecule has 2 bridgehead atoms. The van der Waals surface area contributed by atoms with Crippen LogP contribution in [0.25, 0.3) is 0 Å². The lowest BCUT2D eigenvalue weighted by Gasteiger charge is -2.43. The molecule has 2 atom stereocenters. The highest BCUT2D eigenvalue weighted by Gasteiger charge is 2.36. The molecule has 1 fully saturated rings. The third-order valence-corrected chi connectivity index (χ3v) is 5.27. The van der Waals surface area contributed by atoms with E-state index in [-0.39, 0.29) is 29.2 Å². The van der Waals surface area contributed by atoms with E-state index >= 15 is 0 Å². The first-order chi connectivity index (χ1) is 12.9. The standard InChI is InChI=1S/C19H28N4O4/c1-21(2)12-17(24)20-15-4-5-16-14-8-13(10-23(16)19(15)26)9-22(11-14)18(25)6-7-27-3/h4-5,13-14H,6-12H2,1-3H3,(H,20,24)/p+1/t13-,14+/m0/s1. The minimum Gasteiger partial charge on any atom is -0.384 e. The molecule has 2 aliphatic heterocycles. The third-order valence-electron chi connectivity index (χ3n) is 5.27. The highest BCUT2D eigenvalue weighted by molar-refractivity contribution is 5.91. The van der Waals surface area contributed by atoms with Gasteiger partial charge >= 0.3 is 0 Å². The van der Waals surface area contributed by atoms with Gasteiger partial charge in [-0.15, -0.1) is 0 Å². The largest absolute Gasteiger partial charge is 0.384 e. The summed E-state index contributed by atoms with van der Waals surface area (Å²) in [5, 5.41) is 2.74. The molecule has 1 aromatic rings. The first-order valence-corrected chi connectivity index (χ1v) is 9.48. The highest BCUT2D eigenvalue weighted by atomic mass is 16.5. The molecule has 3 heterocycles. The molecular weight excluding hydrogens is 348 g/mol. The van der Waals surface area contributed by atoms with Crippen molar-refractivity contribution in [2.75, 3.05) is 52.8 Å². The second kappa shape index (κ2) is 8.22. The number of rotatable bonds is 6. The monoisotopic (exact) mass is 377 g/mol. The Morgan fingerprint density at radius 3 is 2.74 bits per heavy atom. The van der Waals surface area contributed by atoms with E-state index in [1.54, 1.807) is 17.7 Å². The zero-order chi connectivity index (χ0) is 19.6. The average Bonchev–Trinajstić information content (AvgIpc) is 2.61. The van der Waals surface area contributed by atoms with Crippen LogP contribution >= 0.6 is 0 Å². The van der Waals surface area contributed by atoms with Gasteiger partial charge in [0.05, 0.1) is 27.1 Å². The van der Waals surface area contributed by atoms with Gasteiger partial charge in [-0.2, -0.15) is 0 Å². The van der Waals surface area contributed by atoms with Gasteiger partial charge in [-0.25, -0.2) is 0 Å². The Morgan fingerprint density at radius 2 is 2.04 bits per heavy atom. The Kier molecular flexibility index (Phi) is 5.96. The number of hydrogen-bond acceptors (Lipinski definition) is 4. The van der Waals surface area contributed by atoms with Crippen LogP contribution in [0.2, 0.25) is 0 Å². The average molecular weight is 377 g/mol. The minimum atomic E-state index is -0.168. The van der Waals surface area contributed by atoms with Gasteiger partial charge in [0.1, 0.15) is 5.69 Å². The number of amides is 2. The lowest BCUT2D eigenvalue weighted by molar-refractivity contribution is -0.849. The van der Waals surface area contributed by atoms with Crippen LogP contribution in [0, 0.1) is 5.92 Å². The smallest absolute Gasteiger partial charge is 0.279 e. The zero-order valence-corrected chi connectivity index (χ0v) is 16.3. The van der Waals surface area contributed by atoms with Crippen molar-refractivity contribution in [3.63, 3.8) is 0 Å². The molecule has 0 unspecified atom stereocenters. The number of likely N-dealkylation sites (tertiary alicyclic amines) is 1. The Balaban J connectivity index is 1.77. The number of anilines is 1. The molecule has 2 aliphatic rings. The molecule has 0 saturated carbocycles. The SMILES string of the molecule is COCCC(=O)N1C[C@@H]2C[C@H](C1)c1ccc(NC(=O)C[NH+](C)C)c(=O)n1C2. The molecule has 0 radical (unpaired) electrons. The first kappa shape index (κ1) is 19.6. The lowest BCUT2D eigenvalue weighted by Crippen LogP contribution is -3.06. The molecule has 3 rings (SSSR count). The number of hydrogen-bond donors (Lipinski definition) is 2. The van der Waals surface area contributed by atoms with Crippen molar-refractivity contribution in [2.24, 2.45) is 5.92 Å². The van der Waals surface area contributed by atoms with Crippen LogP contribution in [0.1, 0.15) is 24.5 Å². The third kappa shape index (κ3) is 4.39. The van der Waals surface area contributed by atoms with E-state index in [9.17, 15) is 14.4 Å². The van der Waals surface area contributed by atoms with Crippen molar-refractivity contribution in [2.45, 2.75) is 25.3 Å². The van der Waals surface area contributed by atoms with Crippen LogP contribution in [0.3, 0.4) is 0 Å². The van der Waals surface area contributed by atoms with Crippen LogP contribution in [0.5, 0.6) is 0 Å². The summed E-state index contributed by atoms with van der Waals surface area (Å²) in [6, 6.07) is 3.62. The fraction of sp³-hybridized carbons (Fsp3) is 0.632. The molecule has 2 N–H and O–H groups in total. The van der Waals surface area contributed by atoms with Crippen LogP contribution < -0.4 is 15.8 Å². The quantitative estimate of drug-likeness (QED) is 0.660. The maximum Gasteiger partial charge on any atom is 0.279 e. The Morgan fingerprint density at radius 1 is 1.26 bits per heavy atom. The maximum atomic E-state index is 12.9. The lowest BCUT2D eigenvalue weighted by atomic mass is 9.83. The van der Waals surface area contributed by atoms with Gasteiger partial charge in [0.2, 0.25) is 5.91 Å². The summed E-state index contributed by atoms with van der Waals surface area (Å²) in [6.45, 7) is 2.63. The number of fused-ring (bicyclic) bond motifs is 4. The molecule has 0 spiro atoms. The summed E-state index contributed by atoms with van der Waals surface area (Å²) >= 11 is 0. The molecule has 27 heavy (non-hydrogen) atoms. The fourth-order valence-electron chi connectivity index (χ4n) is 4.11. The highest BCUT2D eigenvalue weighted by Crippen LogP contribution is 2.35. The summed E-state index contributed by atoms with van der Waals surface area (Å²) in [5.41, 5.74) is 1.14. The van der Waals surface area contributed by atoms with Crippen molar-refractivity contribution >= 4 is 17.5 Å². The van der Waals surface area contributed by atoms with Gasteiger partial charge in [0.15, 0.2) is 6.54 Å². The van der Waals surface area contributed by atoms with E-state index in [0.29, 0.717) is 44.9 Å². The Hall–Kier alpha value is -2.19. The van der Waals surface area contributed by atoms with Gasteiger partial charge in [-0.1, -0.05) is 0 Å². The Labute approximate surface area is 159 Å². The van der Waals surface area contributed by atoms with Crippen LogP contribution in [0.15, 0.2) is 16.9 Å². The molecule has 2 amide bonds. The summed E-state index contributed by atoms with van der Waals surface area (Å²) in [4.78, 5) is 40.1.